The van der Waals surface area contributed by atoms with E-state index in [2.05, 4.69) is 30.5 Å². The quantitative estimate of drug-likeness (QED) is 0.410. The Morgan fingerprint density at radius 3 is 2.50 bits per heavy atom. The minimum atomic E-state index is -4.63. The molecule has 0 radical (unpaired) electrons. The lowest BCUT2D eigenvalue weighted by Crippen LogP contribution is -2.41. The second-order valence-corrected chi connectivity index (χ2v) is 8.90. The summed E-state index contributed by atoms with van der Waals surface area (Å²) in [4.78, 5) is 26.9. The number of aliphatic hydroxyl groups excluding tert-OH is 1. The second kappa shape index (κ2) is 11.4. The summed E-state index contributed by atoms with van der Waals surface area (Å²) in [5.41, 5.74) is 1.31. The highest BCUT2D eigenvalue weighted by Gasteiger charge is 2.35. The highest BCUT2D eigenvalue weighted by atomic mass is 35.5. The molecule has 3 N–H and O–H groups in total. The largest absolute Gasteiger partial charge is 0.451 e. The molecule has 36 heavy (non-hydrogen) atoms. The summed E-state index contributed by atoms with van der Waals surface area (Å²) >= 11 is 6.39. The molecule has 12 heteroatoms. The van der Waals surface area contributed by atoms with Crippen molar-refractivity contribution in [2.75, 3.05) is 38.1 Å². The highest BCUT2D eigenvalue weighted by Crippen LogP contribution is 2.29. The number of piperidine rings is 1. The maximum atomic E-state index is 13.3. The number of halogens is 4. The molecular weight excluding hydrogens is 497 g/mol. The first-order chi connectivity index (χ1) is 17.3. The summed E-state index contributed by atoms with van der Waals surface area (Å²) in [7, 11) is 0. The SMILES string of the molecule is O=C(NCC(c1cnc(C(F)(F)F)nc1)N1CCCCC1)c1c(Cl)ccc2nc(NCCO)ccc12. The lowest BCUT2D eigenvalue weighted by atomic mass is 10.0. The van der Waals surface area contributed by atoms with Crippen molar-refractivity contribution in [1.29, 1.82) is 0 Å². The van der Waals surface area contributed by atoms with Gasteiger partial charge < -0.3 is 15.7 Å². The first-order valence-electron chi connectivity index (χ1n) is 11.6. The van der Waals surface area contributed by atoms with E-state index in [1.54, 1.807) is 24.3 Å². The van der Waals surface area contributed by atoms with Gasteiger partial charge in [0.25, 0.3) is 5.91 Å². The Labute approximate surface area is 210 Å². The maximum Gasteiger partial charge on any atom is 0.451 e. The normalized spacial score (nSPS) is 15.6. The van der Waals surface area contributed by atoms with Gasteiger partial charge in [-0.05, 0) is 50.2 Å². The Bertz CT molecular complexity index is 1200. The lowest BCUT2D eigenvalue weighted by Gasteiger charge is -2.34. The van der Waals surface area contributed by atoms with Gasteiger partial charge in [0.15, 0.2) is 0 Å². The van der Waals surface area contributed by atoms with E-state index < -0.39 is 23.9 Å². The van der Waals surface area contributed by atoms with Gasteiger partial charge in [-0.3, -0.25) is 9.69 Å². The Morgan fingerprint density at radius 2 is 1.83 bits per heavy atom. The molecule has 3 aromatic rings. The van der Waals surface area contributed by atoms with Gasteiger partial charge in [-0.1, -0.05) is 18.0 Å². The standard InChI is InChI=1S/C24H26ClF3N6O2/c25-17-5-6-18-16(4-7-20(33-18)29-8-11-35)21(17)22(36)30-14-19(34-9-2-1-3-10-34)15-12-31-23(32-13-15)24(26,27)28/h4-7,12-13,19,35H,1-3,8-11,14H2,(H,29,33)(H,30,36). The van der Waals surface area contributed by atoms with Crippen molar-refractivity contribution in [2.24, 2.45) is 0 Å². The average molecular weight is 523 g/mol. The Balaban J connectivity index is 1.57. The van der Waals surface area contributed by atoms with Gasteiger partial charge in [0.2, 0.25) is 5.82 Å². The summed E-state index contributed by atoms with van der Waals surface area (Å²) in [5.74, 6) is -1.06. The van der Waals surface area contributed by atoms with Gasteiger partial charge in [0.05, 0.1) is 28.8 Å². The summed E-state index contributed by atoms with van der Waals surface area (Å²) < 4.78 is 38.8. The van der Waals surface area contributed by atoms with Gasteiger partial charge in [-0.25, -0.2) is 15.0 Å². The molecule has 1 atom stereocenters. The fraction of sp³-hybridized carbons (Fsp3) is 0.417. The van der Waals surface area contributed by atoms with Crippen LogP contribution in [0.5, 0.6) is 0 Å². The van der Waals surface area contributed by atoms with Crippen LogP contribution in [0.1, 0.15) is 47.1 Å². The molecule has 0 spiro atoms. The molecule has 1 unspecified atom stereocenters. The van der Waals surface area contributed by atoms with Gasteiger partial charge in [-0.2, -0.15) is 13.2 Å². The van der Waals surface area contributed by atoms with Crippen LogP contribution < -0.4 is 10.6 Å². The van der Waals surface area contributed by atoms with E-state index in [0.29, 0.717) is 28.8 Å². The zero-order valence-corrected chi connectivity index (χ0v) is 20.1. The summed E-state index contributed by atoms with van der Waals surface area (Å²) in [6, 6.07) is 6.33. The molecule has 192 valence electrons. The van der Waals surface area contributed by atoms with Crippen LogP contribution >= 0.6 is 11.6 Å². The van der Waals surface area contributed by atoms with E-state index in [4.69, 9.17) is 16.7 Å². The first-order valence-corrected chi connectivity index (χ1v) is 12.0. The number of rotatable bonds is 8. The number of anilines is 1. The van der Waals surface area contributed by atoms with Crippen LogP contribution in [0.4, 0.5) is 19.0 Å². The number of hydrogen-bond acceptors (Lipinski definition) is 7. The number of aliphatic hydroxyl groups is 1. The predicted octanol–water partition coefficient (Wildman–Crippen LogP) is 4.06. The molecule has 1 saturated heterocycles. The van der Waals surface area contributed by atoms with E-state index >= 15 is 0 Å². The number of fused-ring (bicyclic) bond motifs is 1. The zero-order valence-electron chi connectivity index (χ0n) is 19.4. The van der Waals surface area contributed by atoms with Crippen LogP contribution in [-0.2, 0) is 6.18 Å². The molecule has 1 aliphatic rings. The lowest BCUT2D eigenvalue weighted by molar-refractivity contribution is -0.145. The summed E-state index contributed by atoms with van der Waals surface area (Å²) in [6.07, 6.45) is 0.722. The zero-order chi connectivity index (χ0) is 25.7. The topological polar surface area (TPSA) is 103 Å². The van der Waals surface area contributed by atoms with Gasteiger partial charge in [-0.15, -0.1) is 0 Å². The molecule has 1 aromatic carbocycles. The average Bonchev–Trinajstić information content (AvgIpc) is 2.87. The number of benzene rings is 1. The number of carbonyl (C=O) groups excluding carboxylic acids is 1. The molecule has 4 rings (SSSR count). The van der Waals surface area contributed by atoms with Crippen molar-refractivity contribution in [3.05, 3.63) is 58.6 Å². The van der Waals surface area contributed by atoms with Crippen molar-refractivity contribution in [3.8, 4) is 0 Å². The number of pyridine rings is 1. The number of aromatic nitrogens is 3. The third-order valence-electron chi connectivity index (χ3n) is 6.06. The van der Waals surface area contributed by atoms with Crippen molar-refractivity contribution in [1.82, 2.24) is 25.2 Å². The third kappa shape index (κ3) is 6.03. The van der Waals surface area contributed by atoms with E-state index in [1.165, 1.54) is 12.4 Å². The first kappa shape index (κ1) is 26.1. The molecular formula is C24H26ClF3N6O2. The molecule has 8 nitrogen and oxygen atoms in total. The minimum Gasteiger partial charge on any atom is -0.395 e. The molecule has 0 aliphatic carbocycles. The van der Waals surface area contributed by atoms with Crippen LogP contribution in [-0.4, -0.2) is 63.7 Å². The van der Waals surface area contributed by atoms with E-state index in [-0.39, 0.29) is 23.7 Å². The molecule has 1 aliphatic heterocycles. The number of alkyl halides is 3. The van der Waals surface area contributed by atoms with Crippen LogP contribution in [0.15, 0.2) is 36.7 Å². The monoisotopic (exact) mass is 522 g/mol. The predicted molar refractivity (Wildman–Crippen MR) is 130 cm³/mol. The van der Waals surface area contributed by atoms with Gasteiger partial charge in [0.1, 0.15) is 5.82 Å². The Morgan fingerprint density at radius 1 is 1.11 bits per heavy atom. The fourth-order valence-corrected chi connectivity index (χ4v) is 4.56. The van der Waals surface area contributed by atoms with Gasteiger partial charge in [0, 0.05) is 36.4 Å². The van der Waals surface area contributed by atoms with Crippen molar-refractivity contribution in [3.63, 3.8) is 0 Å². The van der Waals surface area contributed by atoms with E-state index in [1.807, 2.05) is 0 Å². The second-order valence-electron chi connectivity index (χ2n) is 8.50. The van der Waals surface area contributed by atoms with Crippen LogP contribution in [0.25, 0.3) is 10.9 Å². The van der Waals surface area contributed by atoms with E-state index in [0.717, 1.165) is 32.4 Å². The van der Waals surface area contributed by atoms with Crippen LogP contribution in [0, 0.1) is 0 Å². The van der Waals surface area contributed by atoms with Gasteiger partial charge >= 0.3 is 6.18 Å². The summed E-state index contributed by atoms with van der Waals surface area (Å²) in [5, 5.41) is 15.7. The molecule has 0 saturated carbocycles. The highest BCUT2D eigenvalue weighted by molar-refractivity contribution is 6.35. The number of nitrogens with zero attached hydrogens (tertiary/aromatic N) is 4. The maximum absolute atomic E-state index is 13.3. The van der Waals surface area contributed by atoms with Crippen molar-refractivity contribution in [2.45, 2.75) is 31.5 Å². The smallest absolute Gasteiger partial charge is 0.395 e. The van der Waals surface area contributed by atoms with Crippen molar-refractivity contribution < 1.29 is 23.1 Å². The molecule has 0 bridgehead atoms. The minimum absolute atomic E-state index is 0.0455. The summed E-state index contributed by atoms with van der Waals surface area (Å²) in [6.45, 7) is 1.94. The van der Waals surface area contributed by atoms with Crippen LogP contribution in [0.3, 0.4) is 0 Å². The third-order valence-corrected chi connectivity index (χ3v) is 6.38. The molecule has 1 amide bonds. The molecule has 1 fully saturated rings. The number of nitrogens with one attached hydrogen (secondary N) is 2. The number of amides is 1. The number of carbonyl (C=O) groups is 1. The van der Waals surface area contributed by atoms with Crippen molar-refractivity contribution >= 4 is 34.2 Å². The van der Waals surface area contributed by atoms with Crippen LogP contribution in [0.2, 0.25) is 5.02 Å². The Hall–Kier alpha value is -3.02. The van der Waals surface area contributed by atoms with E-state index in [9.17, 15) is 18.0 Å². The molecule has 2 aromatic heterocycles. The number of hydrogen-bond donors (Lipinski definition) is 3. The molecule has 3 heterocycles. The fourth-order valence-electron chi connectivity index (χ4n) is 4.31. The Kier molecular flexibility index (Phi) is 8.22. The number of likely N-dealkylation sites (tertiary alicyclic amines) is 1.